The summed E-state index contributed by atoms with van der Waals surface area (Å²) in [4.78, 5) is 13.5. The number of nitrogens with one attached hydrogen (secondary N) is 1. The summed E-state index contributed by atoms with van der Waals surface area (Å²) >= 11 is 0. The zero-order valence-electron chi connectivity index (χ0n) is 18.7. The molecule has 1 N–H and O–H groups in total. The van der Waals surface area contributed by atoms with Gasteiger partial charge in [0.2, 0.25) is 5.91 Å². The first kappa shape index (κ1) is 21.2. The van der Waals surface area contributed by atoms with Gasteiger partial charge in [-0.25, -0.2) is 0 Å². The standard InChI is InChI=1S/C28H31NO2/c1-20-10-9-13-24(16-20)28(14-7-8-15-28)27(30)29-25-17-21(2)26(22(3)18-25)31-19-23-11-5-4-6-12-23/h4-6,9-13,16-18H,7-8,14-15,19H2,1-3H3,(H,29,30). The van der Waals surface area contributed by atoms with Gasteiger partial charge < -0.3 is 10.1 Å². The molecule has 160 valence electrons. The van der Waals surface area contributed by atoms with E-state index in [-0.39, 0.29) is 5.91 Å². The number of amides is 1. The summed E-state index contributed by atoms with van der Waals surface area (Å²) in [5, 5.41) is 3.23. The Hall–Kier alpha value is -3.07. The Labute approximate surface area is 185 Å². The first-order chi connectivity index (χ1) is 15.0. The van der Waals surface area contributed by atoms with Gasteiger partial charge >= 0.3 is 0 Å². The van der Waals surface area contributed by atoms with Crippen LogP contribution in [0.1, 0.15) is 53.5 Å². The molecular formula is C28H31NO2. The van der Waals surface area contributed by atoms with E-state index < -0.39 is 5.41 Å². The molecule has 0 heterocycles. The van der Waals surface area contributed by atoms with E-state index >= 15 is 0 Å². The van der Waals surface area contributed by atoms with E-state index in [0.29, 0.717) is 6.61 Å². The van der Waals surface area contributed by atoms with Crippen LogP contribution in [0, 0.1) is 20.8 Å². The lowest BCUT2D eigenvalue weighted by atomic mass is 9.77. The van der Waals surface area contributed by atoms with Crippen LogP contribution in [0.4, 0.5) is 5.69 Å². The van der Waals surface area contributed by atoms with Gasteiger partial charge in [-0.05, 0) is 68.0 Å². The van der Waals surface area contributed by atoms with Crippen LogP contribution >= 0.6 is 0 Å². The molecule has 0 atom stereocenters. The quantitative estimate of drug-likeness (QED) is 0.492. The van der Waals surface area contributed by atoms with Crippen LogP contribution in [-0.2, 0) is 16.8 Å². The number of rotatable bonds is 6. The number of aryl methyl sites for hydroxylation is 3. The van der Waals surface area contributed by atoms with Crippen molar-refractivity contribution in [2.45, 2.75) is 58.5 Å². The van der Waals surface area contributed by atoms with E-state index in [1.807, 2.05) is 44.2 Å². The molecule has 3 aromatic rings. The van der Waals surface area contributed by atoms with Crippen LogP contribution in [0.25, 0.3) is 0 Å². The fourth-order valence-corrected chi connectivity index (χ4v) is 4.80. The third-order valence-corrected chi connectivity index (χ3v) is 6.41. The molecule has 31 heavy (non-hydrogen) atoms. The molecule has 0 radical (unpaired) electrons. The van der Waals surface area contributed by atoms with Gasteiger partial charge in [0.05, 0.1) is 5.41 Å². The number of ether oxygens (including phenoxy) is 1. The van der Waals surface area contributed by atoms with E-state index in [4.69, 9.17) is 4.74 Å². The van der Waals surface area contributed by atoms with Gasteiger partial charge in [-0.15, -0.1) is 0 Å². The van der Waals surface area contributed by atoms with Crippen LogP contribution in [0.3, 0.4) is 0 Å². The maximum atomic E-state index is 13.5. The molecule has 0 saturated heterocycles. The van der Waals surface area contributed by atoms with E-state index in [2.05, 4.69) is 48.6 Å². The Morgan fingerprint density at radius 1 is 0.903 bits per heavy atom. The number of carbonyl (C=O) groups is 1. The lowest BCUT2D eigenvalue weighted by molar-refractivity contribution is -0.121. The highest BCUT2D eigenvalue weighted by Gasteiger charge is 2.42. The molecule has 1 fully saturated rings. The van der Waals surface area contributed by atoms with Gasteiger partial charge in [0.25, 0.3) is 0 Å². The number of carbonyl (C=O) groups excluding carboxylic acids is 1. The first-order valence-electron chi connectivity index (χ1n) is 11.1. The van der Waals surface area contributed by atoms with E-state index in [9.17, 15) is 4.79 Å². The minimum Gasteiger partial charge on any atom is -0.488 e. The maximum Gasteiger partial charge on any atom is 0.235 e. The molecule has 1 saturated carbocycles. The van der Waals surface area contributed by atoms with Crippen molar-refractivity contribution in [2.24, 2.45) is 0 Å². The molecule has 1 aliphatic rings. The Kier molecular flexibility index (Phi) is 6.13. The summed E-state index contributed by atoms with van der Waals surface area (Å²) in [6.45, 7) is 6.69. The van der Waals surface area contributed by atoms with E-state index in [0.717, 1.165) is 59.4 Å². The monoisotopic (exact) mass is 413 g/mol. The highest BCUT2D eigenvalue weighted by atomic mass is 16.5. The SMILES string of the molecule is Cc1cccc(C2(C(=O)Nc3cc(C)c(OCc4ccccc4)c(C)c3)CCCC2)c1. The lowest BCUT2D eigenvalue weighted by Gasteiger charge is -2.29. The fourth-order valence-electron chi connectivity index (χ4n) is 4.80. The highest BCUT2D eigenvalue weighted by Crippen LogP contribution is 2.42. The van der Waals surface area contributed by atoms with E-state index in [1.54, 1.807) is 0 Å². The Bertz CT molecular complexity index is 1040. The smallest absolute Gasteiger partial charge is 0.235 e. The second kappa shape index (κ2) is 8.97. The Morgan fingerprint density at radius 3 is 2.23 bits per heavy atom. The predicted octanol–water partition coefficient (Wildman–Crippen LogP) is 6.64. The van der Waals surface area contributed by atoms with Crippen molar-refractivity contribution in [3.63, 3.8) is 0 Å². The number of hydrogen-bond donors (Lipinski definition) is 1. The number of benzene rings is 3. The minimum absolute atomic E-state index is 0.104. The minimum atomic E-state index is -0.434. The number of hydrogen-bond acceptors (Lipinski definition) is 2. The highest BCUT2D eigenvalue weighted by molar-refractivity contribution is 5.99. The van der Waals surface area contributed by atoms with Crippen molar-refractivity contribution < 1.29 is 9.53 Å². The molecule has 1 aliphatic carbocycles. The van der Waals surface area contributed by atoms with Gasteiger partial charge in [-0.2, -0.15) is 0 Å². The molecule has 0 unspecified atom stereocenters. The van der Waals surface area contributed by atoms with Crippen molar-refractivity contribution in [3.05, 3.63) is 94.5 Å². The normalized spacial score (nSPS) is 14.9. The topological polar surface area (TPSA) is 38.3 Å². The van der Waals surface area contributed by atoms with Crippen LogP contribution in [-0.4, -0.2) is 5.91 Å². The number of anilines is 1. The first-order valence-corrected chi connectivity index (χ1v) is 11.1. The largest absolute Gasteiger partial charge is 0.488 e. The van der Waals surface area contributed by atoms with Gasteiger partial charge in [0.1, 0.15) is 12.4 Å². The van der Waals surface area contributed by atoms with Crippen LogP contribution in [0.5, 0.6) is 5.75 Å². The Morgan fingerprint density at radius 2 is 1.58 bits per heavy atom. The average Bonchev–Trinajstić information content (AvgIpc) is 3.25. The predicted molar refractivity (Wildman–Crippen MR) is 127 cm³/mol. The average molecular weight is 414 g/mol. The zero-order valence-corrected chi connectivity index (χ0v) is 18.7. The molecule has 0 aromatic heterocycles. The fraction of sp³-hybridized carbons (Fsp3) is 0.321. The van der Waals surface area contributed by atoms with Crippen molar-refractivity contribution in [3.8, 4) is 5.75 Å². The van der Waals surface area contributed by atoms with Crippen molar-refractivity contribution in [1.29, 1.82) is 0 Å². The van der Waals surface area contributed by atoms with Crippen molar-refractivity contribution in [1.82, 2.24) is 0 Å². The van der Waals surface area contributed by atoms with Crippen LogP contribution in [0.15, 0.2) is 66.7 Å². The third-order valence-electron chi connectivity index (χ3n) is 6.41. The summed E-state index contributed by atoms with van der Waals surface area (Å²) in [6.07, 6.45) is 3.98. The molecule has 0 bridgehead atoms. The van der Waals surface area contributed by atoms with Gasteiger partial charge in [0.15, 0.2) is 0 Å². The summed E-state index contributed by atoms with van der Waals surface area (Å²) < 4.78 is 6.10. The Balaban J connectivity index is 1.54. The molecule has 3 nitrogen and oxygen atoms in total. The molecule has 0 spiro atoms. The lowest BCUT2D eigenvalue weighted by Crippen LogP contribution is -2.38. The van der Waals surface area contributed by atoms with Gasteiger partial charge in [0, 0.05) is 5.69 Å². The maximum absolute atomic E-state index is 13.5. The van der Waals surface area contributed by atoms with Crippen LogP contribution in [0.2, 0.25) is 0 Å². The zero-order chi connectivity index (χ0) is 21.8. The van der Waals surface area contributed by atoms with Crippen LogP contribution < -0.4 is 10.1 Å². The molecular weight excluding hydrogens is 382 g/mol. The molecule has 1 amide bonds. The van der Waals surface area contributed by atoms with Gasteiger partial charge in [-0.1, -0.05) is 73.0 Å². The summed E-state index contributed by atoms with van der Waals surface area (Å²) in [7, 11) is 0. The second-order valence-corrected chi connectivity index (χ2v) is 8.83. The summed E-state index contributed by atoms with van der Waals surface area (Å²) in [6, 6.07) is 22.6. The van der Waals surface area contributed by atoms with Crippen molar-refractivity contribution >= 4 is 11.6 Å². The second-order valence-electron chi connectivity index (χ2n) is 8.83. The summed E-state index contributed by atoms with van der Waals surface area (Å²) in [5.41, 5.74) is 5.94. The third kappa shape index (κ3) is 4.51. The summed E-state index contributed by atoms with van der Waals surface area (Å²) in [5.74, 6) is 0.989. The molecule has 0 aliphatic heterocycles. The molecule has 3 aromatic carbocycles. The van der Waals surface area contributed by atoms with E-state index in [1.165, 1.54) is 5.56 Å². The van der Waals surface area contributed by atoms with Gasteiger partial charge in [-0.3, -0.25) is 4.79 Å². The van der Waals surface area contributed by atoms with Crippen molar-refractivity contribution in [2.75, 3.05) is 5.32 Å². The molecule has 3 heteroatoms. The molecule has 4 rings (SSSR count).